The highest BCUT2D eigenvalue weighted by Crippen LogP contribution is 2.29. The SMILES string of the molecule is CCN(CC)S(=O)(=O)N1CCc2nc([C@H]3CCCNC3)nc(NC)c2C1. The van der Waals surface area contributed by atoms with Crippen molar-refractivity contribution in [2.75, 3.05) is 45.1 Å². The van der Waals surface area contributed by atoms with Crippen molar-refractivity contribution in [3.05, 3.63) is 17.1 Å². The Balaban J connectivity index is 1.89. The highest BCUT2D eigenvalue weighted by atomic mass is 32.2. The van der Waals surface area contributed by atoms with E-state index in [-0.39, 0.29) is 0 Å². The molecule has 0 aromatic carbocycles. The van der Waals surface area contributed by atoms with Crippen LogP contribution in [0.25, 0.3) is 0 Å². The molecule has 0 radical (unpaired) electrons. The minimum absolute atomic E-state index is 0.327. The van der Waals surface area contributed by atoms with Gasteiger partial charge in [-0.1, -0.05) is 13.8 Å². The van der Waals surface area contributed by atoms with Crippen LogP contribution in [-0.2, 0) is 23.2 Å². The molecular formula is C17H30N6O2S. The number of rotatable bonds is 6. The summed E-state index contributed by atoms with van der Waals surface area (Å²) in [6, 6.07) is 0. The molecule has 0 bridgehead atoms. The van der Waals surface area contributed by atoms with E-state index in [0.717, 1.165) is 48.8 Å². The van der Waals surface area contributed by atoms with Gasteiger partial charge in [-0.25, -0.2) is 9.97 Å². The quantitative estimate of drug-likeness (QED) is 0.761. The van der Waals surface area contributed by atoms with Gasteiger partial charge in [0.1, 0.15) is 11.6 Å². The van der Waals surface area contributed by atoms with Gasteiger partial charge in [0.2, 0.25) is 0 Å². The first-order valence-electron chi connectivity index (χ1n) is 9.54. The summed E-state index contributed by atoms with van der Waals surface area (Å²) in [7, 11) is -1.61. The van der Waals surface area contributed by atoms with Crippen LogP contribution in [0.2, 0.25) is 0 Å². The Morgan fingerprint density at radius 1 is 1.31 bits per heavy atom. The number of hydrogen-bond acceptors (Lipinski definition) is 6. The van der Waals surface area contributed by atoms with E-state index >= 15 is 0 Å². The van der Waals surface area contributed by atoms with Crippen LogP contribution in [-0.4, -0.2) is 66.8 Å². The fourth-order valence-corrected chi connectivity index (χ4v) is 5.37. The van der Waals surface area contributed by atoms with Gasteiger partial charge in [-0.05, 0) is 19.4 Å². The first-order chi connectivity index (χ1) is 12.5. The molecule has 0 spiro atoms. The highest BCUT2D eigenvalue weighted by molar-refractivity contribution is 7.86. The zero-order valence-electron chi connectivity index (χ0n) is 16.0. The van der Waals surface area contributed by atoms with Crippen molar-refractivity contribution in [2.45, 2.75) is 45.6 Å². The summed E-state index contributed by atoms with van der Waals surface area (Å²) in [6.07, 6.45) is 2.85. The van der Waals surface area contributed by atoms with Gasteiger partial charge in [0.25, 0.3) is 10.2 Å². The Morgan fingerprint density at radius 2 is 2.08 bits per heavy atom. The second-order valence-electron chi connectivity index (χ2n) is 6.82. The van der Waals surface area contributed by atoms with Gasteiger partial charge in [-0.3, -0.25) is 0 Å². The Morgan fingerprint density at radius 3 is 2.69 bits per heavy atom. The molecule has 1 aromatic rings. The molecule has 0 unspecified atom stereocenters. The van der Waals surface area contributed by atoms with Crippen molar-refractivity contribution < 1.29 is 8.42 Å². The largest absolute Gasteiger partial charge is 0.373 e. The molecule has 146 valence electrons. The van der Waals surface area contributed by atoms with E-state index in [1.165, 1.54) is 4.31 Å². The predicted octanol–water partition coefficient (Wildman–Crippen LogP) is 0.930. The second kappa shape index (κ2) is 8.16. The Kier molecular flexibility index (Phi) is 6.11. The zero-order valence-corrected chi connectivity index (χ0v) is 16.8. The number of fused-ring (bicyclic) bond motifs is 1. The summed E-state index contributed by atoms with van der Waals surface area (Å²) in [5, 5.41) is 6.57. The summed E-state index contributed by atoms with van der Waals surface area (Å²) in [5.41, 5.74) is 1.89. The molecule has 26 heavy (non-hydrogen) atoms. The monoisotopic (exact) mass is 382 g/mol. The molecule has 0 amide bonds. The Bertz CT molecular complexity index is 712. The maximum Gasteiger partial charge on any atom is 0.282 e. The van der Waals surface area contributed by atoms with Crippen LogP contribution in [0.1, 0.15) is 49.7 Å². The fraction of sp³-hybridized carbons (Fsp3) is 0.765. The number of nitrogens with one attached hydrogen (secondary N) is 2. The van der Waals surface area contributed by atoms with Crippen molar-refractivity contribution in [2.24, 2.45) is 0 Å². The molecule has 3 heterocycles. The lowest BCUT2D eigenvalue weighted by molar-refractivity contribution is 0.332. The van der Waals surface area contributed by atoms with Gasteiger partial charge in [0.05, 0.1) is 5.69 Å². The van der Waals surface area contributed by atoms with Crippen molar-refractivity contribution >= 4 is 16.0 Å². The van der Waals surface area contributed by atoms with Crippen molar-refractivity contribution in [3.8, 4) is 0 Å². The molecule has 0 saturated carbocycles. The lowest BCUT2D eigenvalue weighted by Gasteiger charge is -2.33. The summed E-state index contributed by atoms with van der Waals surface area (Å²) < 4.78 is 28.8. The van der Waals surface area contributed by atoms with E-state index in [9.17, 15) is 8.42 Å². The summed E-state index contributed by atoms with van der Waals surface area (Å²) in [4.78, 5) is 9.55. The minimum Gasteiger partial charge on any atom is -0.373 e. The first-order valence-corrected chi connectivity index (χ1v) is 10.9. The average molecular weight is 383 g/mol. The van der Waals surface area contributed by atoms with Crippen LogP contribution >= 0.6 is 0 Å². The molecule has 1 atom stereocenters. The summed E-state index contributed by atoms with van der Waals surface area (Å²) >= 11 is 0. The molecule has 0 aliphatic carbocycles. The van der Waals surface area contributed by atoms with Gasteiger partial charge in [-0.15, -0.1) is 0 Å². The molecule has 2 aliphatic heterocycles. The smallest absolute Gasteiger partial charge is 0.282 e. The summed E-state index contributed by atoms with van der Waals surface area (Å²) in [5.74, 6) is 1.97. The average Bonchev–Trinajstić information content (AvgIpc) is 2.68. The van der Waals surface area contributed by atoms with Gasteiger partial charge in [-0.2, -0.15) is 17.0 Å². The molecule has 1 saturated heterocycles. The fourth-order valence-electron chi connectivity index (χ4n) is 3.78. The maximum atomic E-state index is 12.9. The van der Waals surface area contributed by atoms with Gasteiger partial charge in [0.15, 0.2) is 0 Å². The number of piperidine rings is 1. The number of aromatic nitrogens is 2. The van der Waals surface area contributed by atoms with E-state index in [1.807, 2.05) is 20.9 Å². The second-order valence-corrected chi connectivity index (χ2v) is 8.75. The minimum atomic E-state index is -3.45. The van der Waals surface area contributed by atoms with Gasteiger partial charge in [0, 0.05) is 57.7 Å². The van der Waals surface area contributed by atoms with Crippen LogP contribution in [0.4, 0.5) is 5.82 Å². The highest BCUT2D eigenvalue weighted by Gasteiger charge is 2.33. The molecule has 8 nitrogen and oxygen atoms in total. The third kappa shape index (κ3) is 3.71. The normalized spacial score (nSPS) is 21.6. The van der Waals surface area contributed by atoms with Crippen LogP contribution in [0, 0.1) is 0 Å². The first kappa shape index (κ1) is 19.5. The molecule has 2 aliphatic rings. The van der Waals surface area contributed by atoms with Crippen LogP contribution in [0.5, 0.6) is 0 Å². The van der Waals surface area contributed by atoms with Crippen molar-refractivity contribution in [1.82, 2.24) is 23.9 Å². The molecule has 3 rings (SSSR count). The Labute approximate surface area is 156 Å². The number of hydrogen-bond donors (Lipinski definition) is 2. The standard InChI is InChI=1S/C17H30N6O2S/c1-4-22(5-2)26(24,25)23-10-8-15-14(12-23)17(18-3)21-16(20-15)13-7-6-9-19-11-13/h13,19H,4-12H2,1-3H3,(H,18,20,21)/t13-/m0/s1. The molecular weight excluding hydrogens is 352 g/mol. The van der Waals surface area contributed by atoms with Crippen LogP contribution < -0.4 is 10.6 Å². The molecule has 1 aromatic heterocycles. The van der Waals surface area contributed by atoms with Gasteiger partial charge >= 0.3 is 0 Å². The van der Waals surface area contributed by atoms with Gasteiger partial charge < -0.3 is 10.6 Å². The lowest BCUT2D eigenvalue weighted by atomic mass is 9.98. The Hall–Kier alpha value is -1.29. The van der Waals surface area contributed by atoms with E-state index in [0.29, 0.717) is 38.5 Å². The number of anilines is 1. The maximum absolute atomic E-state index is 12.9. The van der Waals surface area contributed by atoms with Crippen LogP contribution in [0.15, 0.2) is 0 Å². The van der Waals surface area contributed by atoms with E-state index in [2.05, 4.69) is 10.6 Å². The zero-order chi connectivity index (χ0) is 18.7. The molecule has 2 N–H and O–H groups in total. The van der Waals surface area contributed by atoms with E-state index in [4.69, 9.17) is 9.97 Å². The summed E-state index contributed by atoms with van der Waals surface area (Å²) in [6.45, 7) is 7.44. The third-order valence-electron chi connectivity index (χ3n) is 5.30. The van der Waals surface area contributed by atoms with Crippen LogP contribution in [0.3, 0.4) is 0 Å². The topological polar surface area (TPSA) is 90.5 Å². The molecule has 9 heteroatoms. The lowest BCUT2D eigenvalue weighted by Crippen LogP contribution is -2.46. The van der Waals surface area contributed by atoms with E-state index < -0.39 is 10.2 Å². The number of nitrogens with zero attached hydrogens (tertiary/aromatic N) is 4. The molecule has 1 fully saturated rings. The predicted molar refractivity (Wildman–Crippen MR) is 102 cm³/mol. The van der Waals surface area contributed by atoms with Crippen molar-refractivity contribution in [3.63, 3.8) is 0 Å². The van der Waals surface area contributed by atoms with E-state index in [1.54, 1.807) is 4.31 Å². The van der Waals surface area contributed by atoms with Crippen molar-refractivity contribution in [1.29, 1.82) is 0 Å². The third-order valence-corrected chi connectivity index (χ3v) is 7.43.